The molecule has 4 nitrogen and oxygen atoms in total. The fraction of sp³-hybridized carbons (Fsp3) is 0.462. The van der Waals surface area contributed by atoms with Crippen LogP contribution >= 0.6 is 0 Å². The van der Waals surface area contributed by atoms with Crippen LogP contribution in [0.15, 0.2) is 12.1 Å². The Kier molecular flexibility index (Phi) is 6.38. The standard InChI is InChI=1S/C13H18F2N2O2/c1-9-7-10(12(15)8-11(9)14)13(18)17-4-2-5-19-6-3-16/h7-8H,2-6,16H2,1H3,(H,17,18). The third kappa shape index (κ3) is 4.92. The van der Waals surface area contributed by atoms with Crippen molar-refractivity contribution in [1.82, 2.24) is 5.32 Å². The predicted octanol–water partition coefficient (Wildman–Crippen LogP) is 1.37. The van der Waals surface area contributed by atoms with Crippen molar-refractivity contribution in [3.05, 3.63) is 34.9 Å². The van der Waals surface area contributed by atoms with Crippen molar-refractivity contribution < 1.29 is 18.3 Å². The first kappa shape index (κ1) is 15.5. The molecule has 0 spiro atoms. The number of carbonyl (C=O) groups is 1. The highest BCUT2D eigenvalue weighted by atomic mass is 19.1. The van der Waals surface area contributed by atoms with Crippen LogP contribution in [0.1, 0.15) is 22.3 Å². The Morgan fingerprint density at radius 3 is 2.74 bits per heavy atom. The minimum absolute atomic E-state index is 0.151. The molecule has 0 atom stereocenters. The first-order chi connectivity index (χ1) is 9.06. The number of ether oxygens (including phenoxy) is 1. The van der Waals surface area contributed by atoms with E-state index in [4.69, 9.17) is 10.5 Å². The van der Waals surface area contributed by atoms with Gasteiger partial charge in [-0.2, -0.15) is 0 Å². The SMILES string of the molecule is Cc1cc(C(=O)NCCCOCCN)c(F)cc1F. The summed E-state index contributed by atoms with van der Waals surface area (Å²) >= 11 is 0. The van der Waals surface area contributed by atoms with E-state index in [0.29, 0.717) is 38.8 Å². The fourth-order valence-corrected chi connectivity index (χ4v) is 1.49. The summed E-state index contributed by atoms with van der Waals surface area (Å²) in [6, 6.07) is 1.92. The molecule has 0 fully saturated rings. The number of hydrogen-bond donors (Lipinski definition) is 2. The van der Waals surface area contributed by atoms with Crippen LogP contribution in [0, 0.1) is 18.6 Å². The third-order valence-electron chi connectivity index (χ3n) is 2.51. The second-order valence-corrected chi connectivity index (χ2v) is 4.09. The van der Waals surface area contributed by atoms with Crippen LogP contribution in [-0.2, 0) is 4.74 Å². The topological polar surface area (TPSA) is 64.3 Å². The van der Waals surface area contributed by atoms with Crippen LogP contribution in [0.2, 0.25) is 0 Å². The Hall–Kier alpha value is -1.53. The zero-order chi connectivity index (χ0) is 14.3. The molecule has 0 aromatic heterocycles. The van der Waals surface area contributed by atoms with Crippen LogP contribution in [0.25, 0.3) is 0 Å². The van der Waals surface area contributed by atoms with Crippen LogP contribution in [-0.4, -0.2) is 32.2 Å². The Balaban J connectivity index is 2.43. The normalized spacial score (nSPS) is 10.5. The van der Waals surface area contributed by atoms with Gasteiger partial charge in [-0.15, -0.1) is 0 Å². The maximum atomic E-state index is 13.4. The summed E-state index contributed by atoms with van der Waals surface area (Å²) in [6.45, 7) is 3.24. The minimum atomic E-state index is -0.861. The molecule has 0 bridgehead atoms. The van der Waals surface area contributed by atoms with E-state index in [1.54, 1.807) is 0 Å². The van der Waals surface area contributed by atoms with Crippen LogP contribution in [0.5, 0.6) is 0 Å². The Bertz CT molecular complexity index is 439. The van der Waals surface area contributed by atoms with Crippen LogP contribution < -0.4 is 11.1 Å². The van der Waals surface area contributed by atoms with Crippen molar-refractivity contribution in [2.24, 2.45) is 5.73 Å². The molecule has 0 aliphatic heterocycles. The maximum absolute atomic E-state index is 13.4. The highest BCUT2D eigenvalue weighted by molar-refractivity contribution is 5.94. The van der Waals surface area contributed by atoms with Crippen LogP contribution in [0.4, 0.5) is 8.78 Å². The molecule has 0 radical (unpaired) electrons. The Labute approximate surface area is 110 Å². The molecular formula is C13H18F2N2O2. The fourth-order valence-electron chi connectivity index (χ4n) is 1.49. The highest BCUT2D eigenvalue weighted by Crippen LogP contribution is 2.13. The molecule has 0 aliphatic rings. The third-order valence-corrected chi connectivity index (χ3v) is 2.51. The van der Waals surface area contributed by atoms with Gasteiger partial charge in [-0.3, -0.25) is 4.79 Å². The summed E-state index contributed by atoms with van der Waals surface area (Å²) in [7, 11) is 0. The molecule has 0 unspecified atom stereocenters. The second kappa shape index (κ2) is 7.81. The first-order valence-corrected chi connectivity index (χ1v) is 6.08. The van der Waals surface area contributed by atoms with Gasteiger partial charge < -0.3 is 15.8 Å². The summed E-state index contributed by atoms with van der Waals surface area (Å²) in [5.41, 5.74) is 5.33. The lowest BCUT2D eigenvalue weighted by Crippen LogP contribution is -2.26. The molecule has 0 saturated carbocycles. The van der Waals surface area contributed by atoms with Gasteiger partial charge in [0.15, 0.2) is 0 Å². The van der Waals surface area contributed by atoms with Crippen molar-refractivity contribution in [1.29, 1.82) is 0 Å². The molecule has 0 heterocycles. The van der Waals surface area contributed by atoms with Crippen LogP contribution in [0.3, 0.4) is 0 Å². The molecule has 1 aromatic rings. The van der Waals surface area contributed by atoms with E-state index in [1.165, 1.54) is 13.0 Å². The van der Waals surface area contributed by atoms with Gasteiger partial charge in [0, 0.05) is 25.8 Å². The Morgan fingerprint density at radius 1 is 1.32 bits per heavy atom. The van der Waals surface area contributed by atoms with E-state index in [2.05, 4.69) is 5.32 Å². The van der Waals surface area contributed by atoms with E-state index >= 15 is 0 Å². The summed E-state index contributed by atoms with van der Waals surface area (Å²) < 4.78 is 31.6. The monoisotopic (exact) mass is 272 g/mol. The van der Waals surface area contributed by atoms with E-state index in [1.807, 2.05) is 0 Å². The number of hydrogen-bond acceptors (Lipinski definition) is 3. The Morgan fingerprint density at radius 2 is 2.05 bits per heavy atom. The summed E-state index contributed by atoms with van der Waals surface area (Å²) in [5, 5.41) is 2.55. The number of rotatable bonds is 7. The van der Waals surface area contributed by atoms with Gasteiger partial charge in [-0.05, 0) is 25.0 Å². The molecule has 1 amide bonds. The van der Waals surface area contributed by atoms with Gasteiger partial charge in [0.2, 0.25) is 0 Å². The van der Waals surface area contributed by atoms with Gasteiger partial charge in [0.25, 0.3) is 5.91 Å². The zero-order valence-electron chi connectivity index (χ0n) is 10.8. The van der Waals surface area contributed by atoms with Gasteiger partial charge in [0.1, 0.15) is 11.6 Å². The summed E-state index contributed by atoms with van der Waals surface area (Å²) in [6.07, 6.45) is 0.605. The minimum Gasteiger partial charge on any atom is -0.380 e. The molecular weight excluding hydrogens is 254 g/mol. The first-order valence-electron chi connectivity index (χ1n) is 6.08. The number of halogens is 2. The van der Waals surface area contributed by atoms with Crippen molar-refractivity contribution >= 4 is 5.91 Å². The van der Waals surface area contributed by atoms with Crippen molar-refractivity contribution in [3.8, 4) is 0 Å². The number of nitrogens with one attached hydrogen (secondary N) is 1. The van der Waals surface area contributed by atoms with Gasteiger partial charge in [0.05, 0.1) is 12.2 Å². The van der Waals surface area contributed by atoms with E-state index < -0.39 is 17.5 Å². The molecule has 1 aromatic carbocycles. The molecule has 3 N–H and O–H groups in total. The lowest BCUT2D eigenvalue weighted by molar-refractivity contribution is 0.0939. The van der Waals surface area contributed by atoms with Gasteiger partial charge in [-0.25, -0.2) is 8.78 Å². The molecule has 0 saturated heterocycles. The lowest BCUT2D eigenvalue weighted by Gasteiger charge is -2.08. The number of nitrogens with two attached hydrogens (primary N) is 1. The average Bonchev–Trinajstić information content (AvgIpc) is 2.37. The van der Waals surface area contributed by atoms with Crippen molar-refractivity contribution in [2.45, 2.75) is 13.3 Å². The van der Waals surface area contributed by atoms with Gasteiger partial charge in [-0.1, -0.05) is 0 Å². The highest BCUT2D eigenvalue weighted by Gasteiger charge is 2.13. The lowest BCUT2D eigenvalue weighted by atomic mass is 10.1. The molecule has 1 rings (SSSR count). The van der Waals surface area contributed by atoms with E-state index in [9.17, 15) is 13.6 Å². The van der Waals surface area contributed by atoms with Crippen molar-refractivity contribution in [2.75, 3.05) is 26.3 Å². The van der Waals surface area contributed by atoms with Gasteiger partial charge >= 0.3 is 0 Å². The van der Waals surface area contributed by atoms with Crippen molar-refractivity contribution in [3.63, 3.8) is 0 Å². The molecule has 19 heavy (non-hydrogen) atoms. The zero-order valence-corrected chi connectivity index (χ0v) is 10.8. The molecule has 0 aliphatic carbocycles. The number of carbonyl (C=O) groups excluding carboxylic acids is 1. The predicted molar refractivity (Wildman–Crippen MR) is 67.9 cm³/mol. The second-order valence-electron chi connectivity index (χ2n) is 4.09. The number of benzene rings is 1. The smallest absolute Gasteiger partial charge is 0.254 e. The summed E-state index contributed by atoms with van der Waals surface area (Å²) in [5.74, 6) is -2.08. The maximum Gasteiger partial charge on any atom is 0.254 e. The number of amides is 1. The quantitative estimate of drug-likeness (QED) is 0.737. The van der Waals surface area contributed by atoms with E-state index in [-0.39, 0.29) is 11.1 Å². The molecule has 106 valence electrons. The molecule has 6 heteroatoms. The largest absolute Gasteiger partial charge is 0.380 e. The number of aryl methyl sites for hydroxylation is 1. The summed E-state index contributed by atoms with van der Waals surface area (Å²) in [4.78, 5) is 11.7. The van der Waals surface area contributed by atoms with E-state index in [0.717, 1.165) is 0 Å². The average molecular weight is 272 g/mol.